The molecular weight excluding hydrogens is 331 g/mol. The number of ether oxygens (including phenoxy) is 1. The van der Waals surface area contributed by atoms with Crippen molar-refractivity contribution in [2.45, 2.75) is 16.7 Å². The van der Waals surface area contributed by atoms with Gasteiger partial charge in [-0.2, -0.15) is 5.10 Å². The Hall–Kier alpha value is -2.48. The first-order chi connectivity index (χ1) is 11.6. The molecule has 0 fully saturated rings. The van der Waals surface area contributed by atoms with E-state index < -0.39 is 5.25 Å². The van der Waals surface area contributed by atoms with Crippen LogP contribution in [0.25, 0.3) is 11.0 Å². The third-order valence-corrected chi connectivity index (χ3v) is 4.74. The molecule has 0 aliphatic heterocycles. The van der Waals surface area contributed by atoms with Gasteiger partial charge in [-0.05, 0) is 24.1 Å². The molecule has 124 valence electrons. The van der Waals surface area contributed by atoms with Gasteiger partial charge in [0.2, 0.25) is 0 Å². The van der Waals surface area contributed by atoms with Gasteiger partial charge in [0.05, 0.1) is 18.7 Å². The van der Waals surface area contributed by atoms with E-state index in [1.54, 1.807) is 30.1 Å². The van der Waals surface area contributed by atoms with Crippen LogP contribution in [0.4, 0.5) is 4.39 Å². The number of hydrogen-bond donors (Lipinski definition) is 0. The zero-order valence-corrected chi connectivity index (χ0v) is 14.0. The summed E-state index contributed by atoms with van der Waals surface area (Å²) in [5.74, 6) is -0.672. The SMILES string of the molecule is COC(=O)[C@@H](Cc1ccc(F)cc1)Sc1ncnc2c1cnn2C. The van der Waals surface area contributed by atoms with Crippen LogP contribution in [0.15, 0.2) is 41.8 Å². The topological polar surface area (TPSA) is 69.9 Å². The summed E-state index contributed by atoms with van der Waals surface area (Å²) >= 11 is 1.29. The van der Waals surface area contributed by atoms with Crippen molar-refractivity contribution in [3.05, 3.63) is 48.2 Å². The van der Waals surface area contributed by atoms with E-state index >= 15 is 0 Å². The van der Waals surface area contributed by atoms with Crippen molar-refractivity contribution in [1.82, 2.24) is 19.7 Å². The van der Waals surface area contributed by atoms with Crippen LogP contribution in [0.5, 0.6) is 0 Å². The van der Waals surface area contributed by atoms with Crippen molar-refractivity contribution in [2.24, 2.45) is 7.05 Å². The van der Waals surface area contributed by atoms with Crippen molar-refractivity contribution in [3.63, 3.8) is 0 Å². The van der Waals surface area contributed by atoms with E-state index in [0.717, 1.165) is 10.9 Å². The minimum atomic E-state index is -0.501. The fraction of sp³-hybridized carbons (Fsp3) is 0.250. The maximum absolute atomic E-state index is 13.0. The summed E-state index contributed by atoms with van der Waals surface area (Å²) in [7, 11) is 3.14. The van der Waals surface area contributed by atoms with Crippen molar-refractivity contribution in [1.29, 1.82) is 0 Å². The summed E-state index contributed by atoms with van der Waals surface area (Å²) < 4.78 is 19.6. The highest BCUT2D eigenvalue weighted by Gasteiger charge is 2.23. The highest BCUT2D eigenvalue weighted by atomic mass is 32.2. The van der Waals surface area contributed by atoms with Crippen LogP contribution in [-0.2, 0) is 23.0 Å². The molecule has 0 amide bonds. The standard InChI is InChI=1S/C16H15FN4O2S/c1-21-14-12(8-20-21)15(19-9-18-14)24-13(16(22)23-2)7-10-3-5-11(17)6-4-10/h3-6,8-9,13H,7H2,1-2H3/t13-/m1/s1. The number of esters is 1. The van der Waals surface area contributed by atoms with Crippen LogP contribution in [0, 0.1) is 5.82 Å². The van der Waals surface area contributed by atoms with E-state index in [2.05, 4.69) is 15.1 Å². The van der Waals surface area contributed by atoms with Gasteiger partial charge in [0.15, 0.2) is 5.65 Å². The number of thioether (sulfide) groups is 1. The molecule has 3 aromatic rings. The molecule has 0 spiro atoms. The number of methoxy groups -OCH3 is 1. The molecule has 0 radical (unpaired) electrons. The van der Waals surface area contributed by atoms with Gasteiger partial charge in [-0.25, -0.2) is 14.4 Å². The molecule has 0 N–H and O–H groups in total. The number of halogens is 1. The fourth-order valence-electron chi connectivity index (χ4n) is 2.31. The molecule has 0 saturated heterocycles. The lowest BCUT2D eigenvalue weighted by atomic mass is 10.1. The number of aryl methyl sites for hydroxylation is 1. The second-order valence-electron chi connectivity index (χ2n) is 5.14. The second kappa shape index (κ2) is 6.96. The number of nitrogens with zero attached hydrogens (tertiary/aromatic N) is 4. The molecule has 1 atom stereocenters. The van der Waals surface area contributed by atoms with E-state index in [1.165, 1.54) is 37.3 Å². The molecule has 2 heterocycles. The summed E-state index contributed by atoms with van der Waals surface area (Å²) in [6.45, 7) is 0. The monoisotopic (exact) mass is 346 g/mol. The Labute approximate surface area is 142 Å². The van der Waals surface area contributed by atoms with Gasteiger partial charge in [-0.1, -0.05) is 23.9 Å². The summed E-state index contributed by atoms with van der Waals surface area (Å²) in [5.41, 5.74) is 1.54. The summed E-state index contributed by atoms with van der Waals surface area (Å²) in [4.78, 5) is 20.6. The summed E-state index contributed by atoms with van der Waals surface area (Å²) in [6, 6.07) is 6.06. The number of hydrogen-bond acceptors (Lipinski definition) is 6. The highest BCUT2D eigenvalue weighted by Crippen LogP contribution is 2.30. The normalized spacial score (nSPS) is 12.3. The average Bonchev–Trinajstić information content (AvgIpc) is 2.98. The molecule has 0 aliphatic rings. The number of benzene rings is 1. The smallest absolute Gasteiger partial charge is 0.319 e. The molecule has 0 unspecified atom stereocenters. The zero-order valence-electron chi connectivity index (χ0n) is 13.1. The average molecular weight is 346 g/mol. The van der Waals surface area contributed by atoms with Crippen LogP contribution in [-0.4, -0.2) is 38.1 Å². The Morgan fingerprint density at radius 2 is 2.08 bits per heavy atom. The Balaban J connectivity index is 1.88. The molecular formula is C16H15FN4O2S. The molecule has 24 heavy (non-hydrogen) atoms. The van der Waals surface area contributed by atoms with Crippen LogP contribution in [0.2, 0.25) is 0 Å². The minimum absolute atomic E-state index is 0.311. The molecule has 0 bridgehead atoms. The van der Waals surface area contributed by atoms with E-state index in [9.17, 15) is 9.18 Å². The number of carbonyl (C=O) groups excluding carboxylic acids is 1. The summed E-state index contributed by atoms with van der Waals surface area (Å²) in [6.07, 6.45) is 3.52. The molecule has 6 nitrogen and oxygen atoms in total. The van der Waals surface area contributed by atoms with Gasteiger partial charge in [0, 0.05) is 7.05 Å². The first-order valence-electron chi connectivity index (χ1n) is 7.20. The molecule has 0 saturated carbocycles. The fourth-order valence-corrected chi connectivity index (χ4v) is 3.43. The van der Waals surface area contributed by atoms with E-state index in [4.69, 9.17) is 4.74 Å². The number of fused-ring (bicyclic) bond motifs is 1. The van der Waals surface area contributed by atoms with E-state index in [0.29, 0.717) is 17.1 Å². The lowest BCUT2D eigenvalue weighted by Crippen LogP contribution is -2.21. The number of carbonyl (C=O) groups is 1. The third kappa shape index (κ3) is 3.38. The van der Waals surface area contributed by atoms with Crippen molar-refractivity contribution in [3.8, 4) is 0 Å². The lowest BCUT2D eigenvalue weighted by Gasteiger charge is -2.14. The van der Waals surface area contributed by atoms with Gasteiger partial charge in [0.1, 0.15) is 22.4 Å². The molecule has 2 aromatic heterocycles. The lowest BCUT2D eigenvalue weighted by molar-refractivity contribution is -0.139. The first-order valence-corrected chi connectivity index (χ1v) is 8.08. The van der Waals surface area contributed by atoms with Crippen LogP contribution >= 0.6 is 11.8 Å². The van der Waals surface area contributed by atoms with E-state index in [-0.39, 0.29) is 11.8 Å². The maximum Gasteiger partial charge on any atom is 0.319 e. The van der Waals surface area contributed by atoms with Gasteiger partial charge in [-0.15, -0.1) is 0 Å². The molecule has 8 heteroatoms. The Kier molecular flexibility index (Phi) is 4.75. The number of rotatable bonds is 5. The van der Waals surface area contributed by atoms with Gasteiger partial charge >= 0.3 is 5.97 Å². The first kappa shape index (κ1) is 16.4. The van der Waals surface area contributed by atoms with Gasteiger partial charge in [-0.3, -0.25) is 9.48 Å². The minimum Gasteiger partial charge on any atom is -0.468 e. The number of aromatic nitrogens is 4. The molecule has 3 rings (SSSR count). The van der Waals surface area contributed by atoms with Crippen LogP contribution < -0.4 is 0 Å². The second-order valence-corrected chi connectivity index (χ2v) is 6.34. The van der Waals surface area contributed by atoms with Crippen molar-refractivity contribution in [2.75, 3.05) is 7.11 Å². The highest BCUT2D eigenvalue weighted by molar-refractivity contribution is 8.00. The third-order valence-electron chi connectivity index (χ3n) is 3.55. The Bertz CT molecular complexity index is 866. The molecule has 0 aliphatic carbocycles. The van der Waals surface area contributed by atoms with Crippen molar-refractivity contribution < 1.29 is 13.9 Å². The predicted molar refractivity (Wildman–Crippen MR) is 88.1 cm³/mol. The predicted octanol–water partition coefficient (Wildman–Crippen LogP) is 2.38. The zero-order chi connectivity index (χ0) is 17.1. The van der Waals surface area contributed by atoms with Crippen LogP contribution in [0.1, 0.15) is 5.56 Å². The van der Waals surface area contributed by atoms with Gasteiger partial charge in [0.25, 0.3) is 0 Å². The molecule has 1 aromatic carbocycles. The Morgan fingerprint density at radius 3 is 2.79 bits per heavy atom. The van der Waals surface area contributed by atoms with Crippen molar-refractivity contribution >= 4 is 28.8 Å². The maximum atomic E-state index is 13.0. The van der Waals surface area contributed by atoms with E-state index in [1.807, 2.05) is 0 Å². The van der Waals surface area contributed by atoms with Gasteiger partial charge < -0.3 is 4.74 Å². The van der Waals surface area contributed by atoms with Crippen LogP contribution in [0.3, 0.4) is 0 Å². The summed E-state index contributed by atoms with van der Waals surface area (Å²) in [5, 5.41) is 5.10. The largest absolute Gasteiger partial charge is 0.468 e. The Morgan fingerprint density at radius 1 is 1.33 bits per heavy atom. The quantitative estimate of drug-likeness (QED) is 0.401.